The molecule has 0 fully saturated rings. The van der Waals surface area contributed by atoms with Crippen LogP contribution in [0.5, 0.6) is 0 Å². The molecule has 1 unspecified atom stereocenters. The Kier molecular flexibility index (Phi) is 12.9. The number of nitrogens with one attached hydrogen (secondary N) is 2. The van der Waals surface area contributed by atoms with Crippen LogP contribution in [0.15, 0.2) is 35.3 Å². The molecule has 0 radical (unpaired) electrons. The van der Waals surface area contributed by atoms with E-state index >= 15 is 0 Å². The van der Waals surface area contributed by atoms with Crippen LogP contribution in [-0.4, -0.2) is 48.8 Å². The molecule has 0 amide bonds. The van der Waals surface area contributed by atoms with Crippen LogP contribution in [0, 0.1) is 0 Å². The molecule has 120 valence electrons. The fraction of sp³-hybridized carbons (Fsp3) is 0.533. The van der Waals surface area contributed by atoms with Gasteiger partial charge in [-0.25, -0.2) is 0 Å². The minimum absolute atomic E-state index is 0. The second-order valence-electron chi connectivity index (χ2n) is 4.48. The fourth-order valence-electron chi connectivity index (χ4n) is 1.76. The summed E-state index contributed by atoms with van der Waals surface area (Å²) in [5.41, 5.74) is 1.13. The van der Waals surface area contributed by atoms with Crippen molar-refractivity contribution < 1.29 is 5.11 Å². The van der Waals surface area contributed by atoms with E-state index in [9.17, 15) is 5.11 Å². The maximum Gasteiger partial charge on any atom is 0.191 e. The molecule has 21 heavy (non-hydrogen) atoms. The van der Waals surface area contributed by atoms with Crippen LogP contribution in [0.4, 0.5) is 0 Å². The molecule has 1 rings (SSSR count). The Balaban J connectivity index is 0.00000400. The van der Waals surface area contributed by atoms with Crippen LogP contribution in [0.25, 0.3) is 0 Å². The second kappa shape index (κ2) is 13.2. The van der Waals surface area contributed by atoms with Gasteiger partial charge in [-0.15, -0.1) is 24.0 Å². The number of rotatable bonds is 8. The molecular formula is C15H26IN3OS. The Hall–Kier alpha value is -0.470. The molecule has 0 saturated heterocycles. The maximum absolute atomic E-state index is 10.0. The Bertz CT molecular complexity index is 390. The van der Waals surface area contributed by atoms with Crippen molar-refractivity contribution in [3.63, 3.8) is 0 Å². The summed E-state index contributed by atoms with van der Waals surface area (Å²) in [4.78, 5) is 4.42. The van der Waals surface area contributed by atoms with Crippen molar-refractivity contribution in [3.05, 3.63) is 35.9 Å². The van der Waals surface area contributed by atoms with Crippen molar-refractivity contribution in [2.24, 2.45) is 4.99 Å². The Labute approximate surface area is 149 Å². The smallest absolute Gasteiger partial charge is 0.191 e. The summed E-state index contributed by atoms with van der Waals surface area (Å²) in [6, 6.07) is 10.00. The SMILES string of the molecule is CCNC(=NCC(O)Cc1ccccc1)NCCSC.I. The number of thioether (sulfide) groups is 1. The highest BCUT2D eigenvalue weighted by Gasteiger charge is 2.05. The van der Waals surface area contributed by atoms with E-state index < -0.39 is 6.10 Å². The predicted octanol–water partition coefficient (Wildman–Crippen LogP) is 2.13. The van der Waals surface area contributed by atoms with Gasteiger partial charge in [-0.3, -0.25) is 4.99 Å². The van der Waals surface area contributed by atoms with Gasteiger partial charge in [0, 0.05) is 25.3 Å². The highest BCUT2D eigenvalue weighted by atomic mass is 127. The number of guanidine groups is 1. The van der Waals surface area contributed by atoms with Gasteiger partial charge in [0.15, 0.2) is 5.96 Å². The van der Waals surface area contributed by atoms with Crippen LogP contribution >= 0.6 is 35.7 Å². The molecule has 4 nitrogen and oxygen atoms in total. The van der Waals surface area contributed by atoms with Crippen LogP contribution in [0.2, 0.25) is 0 Å². The number of benzene rings is 1. The number of aliphatic imine (C=N–C) groups is 1. The molecule has 6 heteroatoms. The van der Waals surface area contributed by atoms with Crippen molar-refractivity contribution in [1.82, 2.24) is 10.6 Å². The number of aliphatic hydroxyl groups excluding tert-OH is 1. The molecule has 0 aliphatic carbocycles. The zero-order valence-corrected chi connectivity index (χ0v) is 15.9. The van der Waals surface area contributed by atoms with Crippen molar-refractivity contribution in [3.8, 4) is 0 Å². The van der Waals surface area contributed by atoms with E-state index in [4.69, 9.17) is 0 Å². The molecular weight excluding hydrogens is 397 g/mol. The van der Waals surface area contributed by atoms with Gasteiger partial charge in [0.1, 0.15) is 0 Å². The van der Waals surface area contributed by atoms with E-state index in [1.54, 1.807) is 11.8 Å². The van der Waals surface area contributed by atoms with Gasteiger partial charge in [0.25, 0.3) is 0 Å². The first-order chi connectivity index (χ1) is 9.76. The van der Waals surface area contributed by atoms with Gasteiger partial charge < -0.3 is 15.7 Å². The van der Waals surface area contributed by atoms with E-state index in [1.807, 2.05) is 37.3 Å². The van der Waals surface area contributed by atoms with Crippen molar-refractivity contribution >= 4 is 41.7 Å². The number of nitrogens with zero attached hydrogens (tertiary/aromatic N) is 1. The van der Waals surface area contributed by atoms with Gasteiger partial charge in [-0.1, -0.05) is 30.3 Å². The minimum Gasteiger partial charge on any atom is -0.391 e. The van der Waals surface area contributed by atoms with Crippen LogP contribution in [0.3, 0.4) is 0 Å². The molecule has 0 spiro atoms. The van der Waals surface area contributed by atoms with E-state index in [-0.39, 0.29) is 24.0 Å². The molecule has 0 aliphatic heterocycles. The van der Waals surface area contributed by atoms with Gasteiger partial charge in [0.05, 0.1) is 12.6 Å². The number of hydrogen-bond acceptors (Lipinski definition) is 3. The van der Waals surface area contributed by atoms with Crippen LogP contribution in [-0.2, 0) is 6.42 Å². The summed E-state index contributed by atoms with van der Waals surface area (Å²) < 4.78 is 0. The molecule has 0 aliphatic rings. The molecule has 1 aromatic carbocycles. The van der Waals surface area contributed by atoms with E-state index in [2.05, 4.69) is 21.9 Å². The highest BCUT2D eigenvalue weighted by molar-refractivity contribution is 14.0. The molecule has 0 saturated carbocycles. The third-order valence-electron chi connectivity index (χ3n) is 2.72. The lowest BCUT2D eigenvalue weighted by Gasteiger charge is -2.12. The molecule has 3 N–H and O–H groups in total. The second-order valence-corrected chi connectivity index (χ2v) is 5.47. The Morgan fingerprint density at radius 1 is 1.29 bits per heavy atom. The summed E-state index contributed by atoms with van der Waals surface area (Å²) in [6.45, 7) is 4.14. The van der Waals surface area contributed by atoms with Crippen molar-refractivity contribution in [2.75, 3.05) is 31.6 Å². The summed E-state index contributed by atoms with van der Waals surface area (Å²) >= 11 is 1.79. The van der Waals surface area contributed by atoms with Crippen LogP contribution in [0.1, 0.15) is 12.5 Å². The Morgan fingerprint density at radius 2 is 2.00 bits per heavy atom. The van der Waals surface area contributed by atoms with Crippen LogP contribution < -0.4 is 10.6 Å². The third-order valence-corrected chi connectivity index (χ3v) is 3.33. The topological polar surface area (TPSA) is 56.7 Å². The summed E-state index contributed by atoms with van der Waals surface area (Å²) in [5, 5.41) is 16.5. The number of aliphatic hydroxyl groups is 1. The lowest BCUT2D eigenvalue weighted by molar-refractivity contribution is 0.183. The lowest BCUT2D eigenvalue weighted by atomic mass is 10.1. The zero-order valence-electron chi connectivity index (χ0n) is 12.7. The highest BCUT2D eigenvalue weighted by Crippen LogP contribution is 2.03. The summed E-state index contributed by atoms with van der Waals surface area (Å²) in [7, 11) is 0. The molecule has 0 aromatic heterocycles. The lowest BCUT2D eigenvalue weighted by Crippen LogP contribution is -2.39. The average Bonchev–Trinajstić information content (AvgIpc) is 2.46. The number of hydrogen-bond donors (Lipinski definition) is 3. The standard InChI is InChI=1S/C15H25N3OS.HI/c1-3-16-15(17-9-10-20-2)18-12-14(19)11-13-7-5-4-6-8-13;/h4-8,14,19H,3,9-12H2,1-2H3,(H2,16,17,18);1H. The first kappa shape index (κ1) is 20.5. The first-order valence-corrected chi connectivity index (χ1v) is 8.38. The van der Waals surface area contributed by atoms with Gasteiger partial charge >= 0.3 is 0 Å². The molecule has 0 bridgehead atoms. The molecule has 0 heterocycles. The fourth-order valence-corrected chi connectivity index (χ4v) is 2.07. The van der Waals surface area contributed by atoms with Gasteiger partial charge in [0.2, 0.25) is 0 Å². The first-order valence-electron chi connectivity index (χ1n) is 6.99. The third kappa shape index (κ3) is 9.97. The van der Waals surface area contributed by atoms with E-state index in [1.165, 1.54) is 0 Å². The monoisotopic (exact) mass is 423 g/mol. The van der Waals surface area contributed by atoms with E-state index in [0.29, 0.717) is 13.0 Å². The Morgan fingerprint density at radius 3 is 2.62 bits per heavy atom. The maximum atomic E-state index is 10.0. The predicted molar refractivity (Wildman–Crippen MR) is 104 cm³/mol. The number of halogens is 1. The minimum atomic E-state index is -0.451. The average molecular weight is 423 g/mol. The quantitative estimate of drug-likeness (QED) is 0.260. The molecule has 1 aromatic rings. The summed E-state index contributed by atoms with van der Waals surface area (Å²) in [5.74, 6) is 1.81. The summed E-state index contributed by atoms with van der Waals surface area (Å²) in [6.07, 6.45) is 2.26. The van der Waals surface area contributed by atoms with Gasteiger partial charge in [-0.05, 0) is 18.7 Å². The largest absolute Gasteiger partial charge is 0.391 e. The zero-order chi connectivity index (χ0) is 14.6. The molecule has 1 atom stereocenters. The van der Waals surface area contributed by atoms with E-state index in [0.717, 1.165) is 30.4 Å². The van der Waals surface area contributed by atoms with Gasteiger partial charge in [-0.2, -0.15) is 11.8 Å². The van der Waals surface area contributed by atoms with Crippen molar-refractivity contribution in [1.29, 1.82) is 0 Å². The normalized spacial score (nSPS) is 12.4. The van der Waals surface area contributed by atoms with Crippen molar-refractivity contribution in [2.45, 2.75) is 19.4 Å².